The summed E-state index contributed by atoms with van der Waals surface area (Å²) in [6.45, 7) is 4.64. The van der Waals surface area contributed by atoms with Crippen molar-refractivity contribution in [3.63, 3.8) is 0 Å². The van der Waals surface area contributed by atoms with Gasteiger partial charge in [-0.15, -0.1) is 0 Å². The molecule has 1 heterocycles. The molecule has 0 aliphatic rings. The van der Waals surface area contributed by atoms with Crippen LogP contribution in [0.1, 0.15) is 30.9 Å². The summed E-state index contributed by atoms with van der Waals surface area (Å²) in [5, 5.41) is 4.54. The molecule has 0 bridgehead atoms. The van der Waals surface area contributed by atoms with Crippen molar-refractivity contribution in [1.82, 2.24) is 14.9 Å². The van der Waals surface area contributed by atoms with Crippen LogP contribution in [0.4, 0.5) is 0 Å². The first-order valence-corrected chi connectivity index (χ1v) is 12.0. The zero-order chi connectivity index (χ0) is 23.4. The highest BCUT2D eigenvalue weighted by Crippen LogP contribution is 2.23. The number of nitrogens with one attached hydrogen (secondary N) is 1. The van der Waals surface area contributed by atoms with Crippen LogP contribution in [-0.4, -0.2) is 21.2 Å². The molecule has 0 radical (unpaired) electrons. The summed E-state index contributed by atoms with van der Waals surface area (Å²) in [5.41, 5.74) is 3.30. The molecule has 1 N–H and O–H groups in total. The van der Waals surface area contributed by atoms with Gasteiger partial charge >= 0.3 is 0 Å². The molecule has 0 saturated carbocycles. The van der Waals surface area contributed by atoms with Crippen molar-refractivity contribution < 1.29 is 4.79 Å². The molecule has 33 heavy (non-hydrogen) atoms. The number of aromatic nitrogens is 2. The van der Waals surface area contributed by atoms with Crippen molar-refractivity contribution in [2.75, 3.05) is 5.75 Å². The van der Waals surface area contributed by atoms with Crippen molar-refractivity contribution >= 4 is 40.2 Å². The zero-order valence-corrected chi connectivity index (χ0v) is 20.0. The lowest BCUT2D eigenvalue weighted by molar-refractivity contribution is -0.118. The van der Waals surface area contributed by atoms with Gasteiger partial charge in [0, 0.05) is 11.6 Å². The summed E-state index contributed by atoms with van der Waals surface area (Å²) >= 11 is 7.25. The molecule has 7 heteroatoms. The van der Waals surface area contributed by atoms with Gasteiger partial charge in [0.2, 0.25) is 5.91 Å². The molecular formula is C26H24ClN3O2S. The molecule has 3 aromatic carbocycles. The first kappa shape index (κ1) is 23.1. The van der Waals surface area contributed by atoms with E-state index in [0.717, 1.165) is 11.3 Å². The van der Waals surface area contributed by atoms with Crippen molar-refractivity contribution in [1.29, 1.82) is 0 Å². The summed E-state index contributed by atoms with van der Waals surface area (Å²) in [5.74, 6) is 0.377. The molecule has 5 nitrogen and oxygen atoms in total. The smallest absolute Gasteiger partial charge is 0.266 e. The molecule has 1 aromatic heterocycles. The van der Waals surface area contributed by atoms with E-state index in [1.165, 1.54) is 17.3 Å². The van der Waals surface area contributed by atoms with Crippen molar-refractivity contribution in [3.05, 3.63) is 99.3 Å². The van der Waals surface area contributed by atoms with Gasteiger partial charge in [-0.1, -0.05) is 73.6 Å². The van der Waals surface area contributed by atoms with Gasteiger partial charge in [0.1, 0.15) is 0 Å². The van der Waals surface area contributed by atoms with Crippen LogP contribution >= 0.6 is 23.4 Å². The Morgan fingerprint density at radius 2 is 1.82 bits per heavy atom. The lowest BCUT2D eigenvalue weighted by Crippen LogP contribution is -2.26. The predicted octanol–water partition coefficient (Wildman–Crippen LogP) is 5.57. The molecule has 0 aliphatic heterocycles. The minimum Gasteiger partial charge on any atom is -0.351 e. The predicted molar refractivity (Wildman–Crippen MR) is 135 cm³/mol. The Balaban J connectivity index is 1.60. The van der Waals surface area contributed by atoms with E-state index in [0.29, 0.717) is 33.5 Å². The Kier molecular flexibility index (Phi) is 7.16. The van der Waals surface area contributed by atoms with Crippen LogP contribution in [0.2, 0.25) is 5.02 Å². The van der Waals surface area contributed by atoms with Crippen molar-refractivity contribution in [2.24, 2.45) is 0 Å². The number of halogens is 1. The molecular weight excluding hydrogens is 454 g/mol. The lowest BCUT2D eigenvalue weighted by Gasteiger charge is -2.14. The monoisotopic (exact) mass is 477 g/mol. The maximum atomic E-state index is 13.4. The minimum absolute atomic E-state index is 0.134. The van der Waals surface area contributed by atoms with Crippen LogP contribution in [0.25, 0.3) is 16.6 Å². The maximum Gasteiger partial charge on any atom is 0.266 e. The van der Waals surface area contributed by atoms with Gasteiger partial charge in [0.15, 0.2) is 5.16 Å². The molecule has 0 unspecified atom stereocenters. The largest absolute Gasteiger partial charge is 0.351 e. The van der Waals surface area contributed by atoms with Gasteiger partial charge in [-0.3, -0.25) is 14.2 Å². The quantitative estimate of drug-likeness (QED) is 0.279. The van der Waals surface area contributed by atoms with E-state index in [9.17, 15) is 9.59 Å². The Bertz CT molecular complexity index is 1350. The fraction of sp³-hybridized carbons (Fsp3) is 0.192. The molecule has 0 fully saturated rings. The van der Waals surface area contributed by atoms with Crippen LogP contribution in [0.15, 0.2) is 82.7 Å². The van der Waals surface area contributed by atoms with Crippen LogP contribution < -0.4 is 10.9 Å². The second-order valence-electron chi connectivity index (χ2n) is 7.99. The van der Waals surface area contributed by atoms with E-state index in [1.807, 2.05) is 60.7 Å². The Hall–Kier alpha value is -3.09. The number of hydrogen-bond acceptors (Lipinski definition) is 4. The first-order chi connectivity index (χ1) is 15.9. The summed E-state index contributed by atoms with van der Waals surface area (Å²) in [6.07, 6.45) is 0. The second-order valence-corrected chi connectivity index (χ2v) is 9.37. The number of hydrogen-bond donors (Lipinski definition) is 1. The lowest BCUT2D eigenvalue weighted by atomic mass is 10.0. The van der Waals surface area contributed by atoms with Gasteiger partial charge < -0.3 is 5.32 Å². The molecule has 0 saturated heterocycles. The Labute approximate surface area is 201 Å². The number of thioether (sulfide) groups is 1. The minimum atomic E-state index is -0.153. The standard InChI is InChI=1S/C26H24ClN3O2S/c1-17(2)19-10-12-21(13-11-19)30-25(32)22-8-3-4-9-23(22)29-26(30)33-16-24(31)28-15-18-6-5-7-20(27)14-18/h3-14,17H,15-16H2,1-2H3,(H,28,31). The third kappa shape index (κ3) is 5.46. The van der Waals surface area contributed by atoms with E-state index in [4.69, 9.17) is 16.6 Å². The van der Waals surface area contributed by atoms with E-state index < -0.39 is 0 Å². The highest BCUT2D eigenvalue weighted by atomic mass is 35.5. The summed E-state index contributed by atoms with van der Waals surface area (Å²) in [7, 11) is 0. The van der Waals surface area contributed by atoms with Crippen LogP contribution in [0.3, 0.4) is 0 Å². The highest BCUT2D eigenvalue weighted by Gasteiger charge is 2.15. The van der Waals surface area contributed by atoms with E-state index in [-0.39, 0.29) is 17.2 Å². The molecule has 0 spiro atoms. The Morgan fingerprint density at radius 3 is 2.55 bits per heavy atom. The van der Waals surface area contributed by atoms with Gasteiger partial charge in [-0.2, -0.15) is 0 Å². The topological polar surface area (TPSA) is 64.0 Å². The number of carbonyl (C=O) groups excluding carboxylic acids is 1. The van der Waals surface area contributed by atoms with Gasteiger partial charge in [-0.05, 0) is 53.4 Å². The molecule has 0 aliphatic carbocycles. The summed E-state index contributed by atoms with van der Waals surface area (Å²) in [4.78, 5) is 30.6. The molecule has 4 rings (SSSR count). The second kappa shape index (κ2) is 10.2. The SMILES string of the molecule is CC(C)c1ccc(-n2c(SCC(=O)NCc3cccc(Cl)c3)nc3ccccc3c2=O)cc1. The van der Waals surface area contributed by atoms with Crippen LogP contribution in [0.5, 0.6) is 0 Å². The average molecular weight is 478 g/mol. The number of fused-ring (bicyclic) bond motifs is 1. The average Bonchev–Trinajstić information content (AvgIpc) is 2.82. The normalized spacial score (nSPS) is 11.2. The number of nitrogens with zero attached hydrogens (tertiary/aromatic N) is 2. The molecule has 0 atom stereocenters. The maximum absolute atomic E-state index is 13.4. The van der Waals surface area contributed by atoms with Gasteiger partial charge in [0.25, 0.3) is 5.56 Å². The summed E-state index contributed by atoms with van der Waals surface area (Å²) in [6, 6.07) is 22.5. The molecule has 1 amide bonds. The Morgan fingerprint density at radius 1 is 1.06 bits per heavy atom. The van der Waals surface area contributed by atoms with E-state index in [1.54, 1.807) is 16.7 Å². The van der Waals surface area contributed by atoms with Crippen LogP contribution in [0, 0.1) is 0 Å². The van der Waals surface area contributed by atoms with E-state index >= 15 is 0 Å². The number of para-hydroxylation sites is 1. The molecule has 168 valence electrons. The van der Waals surface area contributed by atoms with Gasteiger partial charge in [0.05, 0.1) is 22.3 Å². The highest BCUT2D eigenvalue weighted by molar-refractivity contribution is 7.99. The third-order valence-corrected chi connectivity index (χ3v) is 6.45. The number of benzene rings is 3. The van der Waals surface area contributed by atoms with Crippen molar-refractivity contribution in [3.8, 4) is 5.69 Å². The number of rotatable bonds is 7. The number of carbonyl (C=O) groups is 1. The van der Waals surface area contributed by atoms with Crippen LogP contribution in [-0.2, 0) is 11.3 Å². The number of amides is 1. The first-order valence-electron chi connectivity index (χ1n) is 10.7. The zero-order valence-electron chi connectivity index (χ0n) is 18.4. The van der Waals surface area contributed by atoms with Crippen molar-refractivity contribution in [2.45, 2.75) is 31.5 Å². The van der Waals surface area contributed by atoms with Gasteiger partial charge in [-0.25, -0.2) is 4.98 Å². The third-order valence-electron chi connectivity index (χ3n) is 5.27. The fourth-order valence-electron chi connectivity index (χ4n) is 3.47. The fourth-order valence-corrected chi connectivity index (χ4v) is 4.53. The molecule has 4 aromatic rings. The van der Waals surface area contributed by atoms with E-state index in [2.05, 4.69) is 19.2 Å². The summed E-state index contributed by atoms with van der Waals surface area (Å²) < 4.78 is 1.58.